The fourth-order valence-corrected chi connectivity index (χ4v) is 1.81. The van der Waals surface area contributed by atoms with E-state index >= 15 is 0 Å². The molecule has 0 fully saturated rings. The van der Waals surface area contributed by atoms with Gasteiger partial charge in [0.05, 0.1) is 19.8 Å². The maximum absolute atomic E-state index is 11.5. The maximum Gasteiger partial charge on any atom is 0.407 e. The molecule has 0 aliphatic heterocycles. The predicted octanol–water partition coefficient (Wildman–Crippen LogP) is 3.53. The summed E-state index contributed by atoms with van der Waals surface area (Å²) in [5, 5.41) is 2.69. The van der Waals surface area contributed by atoms with E-state index in [1.165, 1.54) is 0 Å². The van der Waals surface area contributed by atoms with Crippen molar-refractivity contribution >= 4 is 6.09 Å². The first kappa shape index (κ1) is 17.2. The Morgan fingerprint density at radius 1 is 1.29 bits per heavy atom. The Morgan fingerprint density at radius 2 is 2.00 bits per heavy atom. The summed E-state index contributed by atoms with van der Waals surface area (Å²) in [5.74, 6) is 0.129. The van der Waals surface area contributed by atoms with Crippen LogP contribution in [-0.2, 0) is 16.1 Å². The van der Waals surface area contributed by atoms with Gasteiger partial charge in [-0.15, -0.1) is 6.58 Å². The van der Waals surface area contributed by atoms with Crippen molar-refractivity contribution in [3.8, 4) is 0 Å². The fourth-order valence-electron chi connectivity index (χ4n) is 1.81. The monoisotopic (exact) mass is 291 g/mol. The summed E-state index contributed by atoms with van der Waals surface area (Å²) in [6.07, 6.45) is 2.19. The van der Waals surface area contributed by atoms with Gasteiger partial charge in [-0.3, -0.25) is 0 Å². The number of alkyl carbamates (subject to hydrolysis) is 1. The Morgan fingerprint density at radius 3 is 2.62 bits per heavy atom. The van der Waals surface area contributed by atoms with E-state index in [0.717, 1.165) is 12.0 Å². The number of hydrogen-bond donors (Lipinski definition) is 1. The lowest BCUT2D eigenvalue weighted by atomic mass is 10.1. The van der Waals surface area contributed by atoms with Crippen LogP contribution in [0.15, 0.2) is 43.0 Å². The van der Waals surface area contributed by atoms with E-state index in [1.54, 1.807) is 0 Å². The van der Waals surface area contributed by atoms with E-state index in [4.69, 9.17) is 9.47 Å². The summed E-state index contributed by atoms with van der Waals surface area (Å²) >= 11 is 0. The van der Waals surface area contributed by atoms with Gasteiger partial charge in [-0.1, -0.05) is 36.4 Å². The second kappa shape index (κ2) is 10.00. The van der Waals surface area contributed by atoms with Crippen LogP contribution >= 0.6 is 0 Å². The lowest BCUT2D eigenvalue weighted by Gasteiger charge is -2.16. The van der Waals surface area contributed by atoms with Crippen LogP contribution in [0.2, 0.25) is 0 Å². The van der Waals surface area contributed by atoms with Crippen molar-refractivity contribution in [1.82, 2.24) is 5.32 Å². The molecule has 0 aliphatic carbocycles. The Balaban J connectivity index is 2.29. The molecule has 1 aromatic rings. The fraction of sp³-hybridized carbons (Fsp3) is 0.471. The van der Waals surface area contributed by atoms with E-state index in [9.17, 15) is 4.79 Å². The summed E-state index contributed by atoms with van der Waals surface area (Å²) in [7, 11) is 0. The molecule has 0 unspecified atom stereocenters. The molecule has 1 N–H and O–H groups in total. The molecule has 0 aliphatic rings. The van der Waals surface area contributed by atoms with E-state index < -0.39 is 0 Å². The molecule has 1 rings (SSSR count). The highest BCUT2D eigenvalue weighted by Crippen LogP contribution is 2.08. The first-order chi connectivity index (χ1) is 10.1. The third kappa shape index (κ3) is 8.15. The number of carbonyl (C=O) groups is 1. The quantitative estimate of drug-likeness (QED) is 0.708. The van der Waals surface area contributed by atoms with Crippen LogP contribution < -0.4 is 5.32 Å². The second-order valence-corrected chi connectivity index (χ2v) is 5.29. The van der Waals surface area contributed by atoms with Crippen LogP contribution in [-0.4, -0.2) is 25.3 Å². The van der Waals surface area contributed by atoms with Gasteiger partial charge in [0.2, 0.25) is 0 Å². The Hall–Kier alpha value is -1.81. The zero-order valence-corrected chi connectivity index (χ0v) is 12.9. The topological polar surface area (TPSA) is 47.6 Å². The van der Waals surface area contributed by atoms with Gasteiger partial charge in [-0.05, 0) is 25.8 Å². The second-order valence-electron chi connectivity index (χ2n) is 5.29. The first-order valence-corrected chi connectivity index (χ1v) is 7.27. The van der Waals surface area contributed by atoms with Crippen molar-refractivity contribution < 1.29 is 14.3 Å². The summed E-state index contributed by atoms with van der Waals surface area (Å²) in [4.78, 5) is 11.5. The van der Waals surface area contributed by atoms with Crippen molar-refractivity contribution in [2.24, 2.45) is 5.92 Å². The lowest BCUT2D eigenvalue weighted by molar-refractivity contribution is 0.0534. The lowest BCUT2D eigenvalue weighted by Crippen LogP contribution is -2.32. The molecule has 0 bridgehead atoms. The standard InChI is InChI=1S/C17H25NO3/c1-4-8-16(13-21-17(19)18-14(2)3)12-20-11-15-9-6-5-7-10-15/h4-7,9-10,14,16H,1,8,11-13H2,2-3H3,(H,18,19)/t16-/m0/s1. The number of amides is 1. The van der Waals surface area contributed by atoms with Crippen LogP contribution in [0.5, 0.6) is 0 Å². The van der Waals surface area contributed by atoms with Crippen molar-refractivity contribution in [2.75, 3.05) is 13.2 Å². The van der Waals surface area contributed by atoms with E-state index in [1.807, 2.05) is 50.3 Å². The van der Waals surface area contributed by atoms with Gasteiger partial charge in [0, 0.05) is 12.0 Å². The average Bonchev–Trinajstić information content (AvgIpc) is 2.45. The minimum Gasteiger partial charge on any atom is -0.449 e. The van der Waals surface area contributed by atoms with Gasteiger partial charge >= 0.3 is 6.09 Å². The summed E-state index contributed by atoms with van der Waals surface area (Å²) in [5.41, 5.74) is 1.13. The molecule has 0 spiro atoms. The molecule has 1 atom stereocenters. The number of benzene rings is 1. The van der Waals surface area contributed by atoms with Crippen LogP contribution in [0.1, 0.15) is 25.8 Å². The number of carbonyl (C=O) groups excluding carboxylic acids is 1. The van der Waals surface area contributed by atoms with Gasteiger partial charge < -0.3 is 14.8 Å². The van der Waals surface area contributed by atoms with Crippen molar-refractivity contribution in [2.45, 2.75) is 32.9 Å². The molecule has 116 valence electrons. The van der Waals surface area contributed by atoms with Crippen LogP contribution in [0.25, 0.3) is 0 Å². The average molecular weight is 291 g/mol. The molecule has 0 saturated heterocycles. The molecule has 0 heterocycles. The number of rotatable bonds is 9. The Bertz CT molecular complexity index is 417. The predicted molar refractivity (Wildman–Crippen MR) is 84.0 cm³/mol. The third-order valence-corrected chi connectivity index (χ3v) is 2.82. The van der Waals surface area contributed by atoms with Crippen LogP contribution in [0, 0.1) is 5.92 Å². The minimum atomic E-state index is -0.387. The zero-order valence-electron chi connectivity index (χ0n) is 12.9. The Kier molecular flexibility index (Phi) is 8.21. The molecular weight excluding hydrogens is 266 g/mol. The molecule has 4 heteroatoms. The molecule has 0 saturated carbocycles. The molecule has 4 nitrogen and oxygen atoms in total. The van der Waals surface area contributed by atoms with E-state index in [-0.39, 0.29) is 18.1 Å². The summed E-state index contributed by atoms with van der Waals surface area (Å²) in [6, 6.07) is 10.1. The van der Waals surface area contributed by atoms with E-state index in [2.05, 4.69) is 11.9 Å². The highest BCUT2D eigenvalue weighted by molar-refractivity contribution is 5.67. The number of ether oxygens (including phenoxy) is 2. The highest BCUT2D eigenvalue weighted by Gasteiger charge is 2.11. The molecular formula is C17H25NO3. The molecule has 1 amide bonds. The third-order valence-electron chi connectivity index (χ3n) is 2.82. The minimum absolute atomic E-state index is 0.0738. The summed E-state index contributed by atoms with van der Waals surface area (Å²) in [6.45, 7) is 8.95. The van der Waals surface area contributed by atoms with Crippen LogP contribution in [0.3, 0.4) is 0 Å². The first-order valence-electron chi connectivity index (χ1n) is 7.27. The molecule has 0 aromatic heterocycles. The van der Waals surface area contributed by atoms with Crippen molar-refractivity contribution in [3.05, 3.63) is 48.6 Å². The number of hydrogen-bond acceptors (Lipinski definition) is 3. The smallest absolute Gasteiger partial charge is 0.407 e. The van der Waals surface area contributed by atoms with Crippen LogP contribution in [0.4, 0.5) is 4.79 Å². The summed E-state index contributed by atoms with van der Waals surface area (Å²) < 4.78 is 10.9. The van der Waals surface area contributed by atoms with Crippen molar-refractivity contribution in [3.63, 3.8) is 0 Å². The number of allylic oxidation sites excluding steroid dienone is 1. The van der Waals surface area contributed by atoms with Gasteiger partial charge in [0.1, 0.15) is 0 Å². The van der Waals surface area contributed by atoms with Crippen molar-refractivity contribution in [1.29, 1.82) is 0 Å². The Labute approximate surface area is 127 Å². The molecule has 0 radical (unpaired) electrons. The molecule has 21 heavy (non-hydrogen) atoms. The number of nitrogens with one attached hydrogen (secondary N) is 1. The van der Waals surface area contributed by atoms with Gasteiger partial charge in [0.25, 0.3) is 0 Å². The van der Waals surface area contributed by atoms with Gasteiger partial charge in [0.15, 0.2) is 0 Å². The molecule has 1 aromatic carbocycles. The van der Waals surface area contributed by atoms with Gasteiger partial charge in [-0.25, -0.2) is 4.79 Å². The van der Waals surface area contributed by atoms with Gasteiger partial charge in [-0.2, -0.15) is 0 Å². The zero-order chi connectivity index (χ0) is 15.5. The SMILES string of the molecule is C=CC[C@@H](COCc1ccccc1)COC(=O)NC(C)C. The highest BCUT2D eigenvalue weighted by atomic mass is 16.5. The largest absolute Gasteiger partial charge is 0.449 e. The normalized spacial score (nSPS) is 12.0. The maximum atomic E-state index is 11.5. The van der Waals surface area contributed by atoms with E-state index in [0.29, 0.717) is 19.8 Å².